The summed E-state index contributed by atoms with van der Waals surface area (Å²) in [4.78, 5) is 0. The van der Waals surface area contributed by atoms with Gasteiger partial charge >= 0.3 is 0 Å². The highest BCUT2D eigenvalue weighted by Crippen LogP contribution is 2.53. The SMILES string of the molecule is C=C1c2ccccc2C(C)(C)C1CC/C=C(/Bc1c(NC)cc(C)cc1-c1cc2c(cc1Nc1ccc3c(c1)C(C)(C)CCC3(C)C)C(C)(C)CCC2(C)C)Cc1cc2c(cc1C)C(C)(CC)CCC2(C)C. The van der Waals surface area contributed by atoms with E-state index >= 15 is 0 Å². The van der Waals surface area contributed by atoms with E-state index in [1.165, 1.54) is 140 Å². The normalized spacial score (nSPS) is 22.8. The number of anilines is 3. The first-order valence-corrected chi connectivity index (χ1v) is 28.2. The minimum absolute atomic E-state index is 0.0416. The molecule has 2 unspecified atom stereocenters. The van der Waals surface area contributed by atoms with Gasteiger partial charge in [-0.05, 0) is 230 Å². The highest BCUT2D eigenvalue weighted by molar-refractivity contribution is 6.64. The molecule has 2 nitrogen and oxygen atoms in total. The summed E-state index contributed by atoms with van der Waals surface area (Å²) in [6, 6.07) is 31.6. The minimum atomic E-state index is 0.0416. The van der Waals surface area contributed by atoms with E-state index in [0.29, 0.717) is 5.92 Å². The molecular formula is C69H91BN2. The largest absolute Gasteiger partial charge is 0.389 e. The smallest absolute Gasteiger partial charge is 0.190 e. The van der Waals surface area contributed by atoms with Crippen molar-refractivity contribution < 1.29 is 0 Å². The topological polar surface area (TPSA) is 24.1 Å². The van der Waals surface area contributed by atoms with E-state index in [9.17, 15) is 0 Å². The predicted molar refractivity (Wildman–Crippen MR) is 317 cm³/mol. The Kier molecular flexibility index (Phi) is 13.2. The van der Waals surface area contributed by atoms with Crippen molar-refractivity contribution in [2.75, 3.05) is 17.7 Å². The van der Waals surface area contributed by atoms with Gasteiger partial charge in [-0.25, -0.2) is 0 Å². The summed E-state index contributed by atoms with van der Waals surface area (Å²) in [5.41, 5.74) is 27.3. The number of hydrogen-bond donors (Lipinski definition) is 2. The Bertz CT molecular complexity index is 2980. The molecule has 0 amide bonds. The molecule has 0 saturated heterocycles. The summed E-state index contributed by atoms with van der Waals surface area (Å²) < 4.78 is 0. The molecule has 0 heterocycles. The lowest BCUT2D eigenvalue weighted by atomic mass is 9.57. The quantitative estimate of drug-likeness (QED) is 0.122. The van der Waals surface area contributed by atoms with Crippen molar-refractivity contribution in [3.63, 3.8) is 0 Å². The monoisotopic (exact) mass is 959 g/mol. The zero-order valence-electron chi connectivity index (χ0n) is 48.1. The van der Waals surface area contributed by atoms with Crippen molar-refractivity contribution in [3.8, 4) is 11.1 Å². The highest BCUT2D eigenvalue weighted by atomic mass is 14.9. The number of nitrogens with one attached hydrogen (secondary N) is 2. The van der Waals surface area contributed by atoms with Crippen molar-refractivity contribution in [2.24, 2.45) is 5.92 Å². The van der Waals surface area contributed by atoms with Gasteiger partial charge in [-0.2, -0.15) is 0 Å². The van der Waals surface area contributed by atoms with Gasteiger partial charge in [-0.15, -0.1) is 0 Å². The molecule has 5 aromatic carbocycles. The summed E-state index contributed by atoms with van der Waals surface area (Å²) in [6.45, 7) is 43.8. The van der Waals surface area contributed by atoms with Gasteiger partial charge in [-0.3, -0.25) is 0 Å². The van der Waals surface area contributed by atoms with Gasteiger partial charge < -0.3 is 10.6 Å². The van der Waals surface area contributed by atoms with E-state index in [2.05, 4.69) is 213 Å². The molecule has 0 fully saturated rings. The predicted octanol–water partition coefficient (Wildman–Crippen LogP) is 17.8. The summed E-state index contributed by atoms with van der Waals surface area (Å²) in [6.07, 6.45) is 14.1. The Labute approximate surface area is 439 Å². The van der Waals surface area contributed by atoms with Crippen molar-refractivity contribution in [3.05, 3.63) is 158 Å². The molecule has 0 spiro atoms. The lowest BCUT2D eigenvalue weighted by Gasteiger charge is -2.44. The Morgan fingerprint density at radius 3 is 1.81 bits per heavy atom. The maximum atomic E-state index is 4.75. The fourth-order valence-electron chi connectivity index (χ4n) is 14.3. The molecule has 380 valence electrons. The van der Waals surface area contributed by atoms with Crippen LogP contribution in [0.4, 0.5) is 17.1 Å². The van der Waals surface area contributed by atoms with Crippen LogP contribution in [-0.2, 0) is 44.3 Å². The van der Waals surface area contributed by atoms with Crippen LogP contribution in [0.1, 0.15) is 216 Å². The third-order valence-electron chi connectivity index (χ3n) is 20.0. The molecule has 4 aliphatic carbocycles. The van der Waals surface area contributed by atoms with Crippen molar-refractivity contribution in [1.29, 1.82) is 0 Å². The third kappa shape index (κ3) is 9.18. The molecule has 72 heavy (non-hydrogen) atoms. The first-order chi connectivity index (χ1) is 33.6. The number of aryl methyl sites for hydroxylation is 2. The van der Waals surface area contributed by atoms with Gasteiger partial charge in [0, 0.05) is 29.7 Å². The average Bonchev–Trinajstić information content (AvgIpc) is 3.51. The van der Waals surface area contributed by atoms with E-state index in [4.69, 9.17) is 6.58 Å². The fourth-order valence-corrected chi connectivity index (χ4v) is 14.3. The Morgan fingerprint density at radius 2 is 1.18 bits per heavy atom. The number of hydrogen-bond acceptors (Lipinski definition) is 2. The second kappa shape index (κ2) is 18.3. The van der Waals surface area contributed by atoms with Gasteiger partial charge in [0.25, 0.3) is 0 Å². The summed E-state index contributed by atoms with van der Waals surface area (Å²) in [5, 5.41) is 7.95. The van der Waals surface area contributed by atoms with E-state index < -0.39 is 0 Å². The van der Waals surface area contributed by atoms with E-state index in [0.717, 1.165) is 26.5 Å². The van der Waals surface area contributed by atoms with Gasteiger partial charge in [0.1, 0.15) is 0 Å². The first-order valence-electron chi connectivity index (χ1n) is 28.2. The minimum Gasteiger partial charge on any atom is -0.389 e. The van der Waals surface area contributed by atoms with E-state index in [1.54, 1.807) is 11.1 Å². The van der Waals surface area contributed by atoms with Crippen LogP contribution in [0.3, 0.4) is 0 Å². The van der Waals surface area contributed by atoms with Gasteiger partial charge in [0.2, 0.25) is 0 Å². The standard InChI is InChI=1S/C69H91BN2/c1-19-69(17)34-33-67(13,14)55-39-46(44(3)37-59(55)69)38-47(23-22-26-52-45(4)49-24-20-21-25-53(49)68(52,15)16)70-62-51(35-43(2)36-61(62)71-18)50-41-57-58(66(11,12)32-31-65(57,9)10)42-60(50)72-48-27-28-54-56(40-48)64(7,8)30-29-63(54,5)6/h20-21,23-25,27-28,35-37,39-42,52,70-72H,4,19,22,26,29-34,38H2,1-3,5-18H3/b47-23+. The number of fused-ring (bicyclic) bond motifs is 4. The molecule has 9 rings (SSSR count). The maximum Gasteiger partial charge on any atom is 0.190 e. The molecule has 0 saturated carbocycles. The summed E-state index contributed by atoms with van der Waals surface area (Å²) in [5.74, 6) is 0.394. The van der Waals surface area contributed by atoms with Crippen LogP contribution in [0, 0.1) is 19.8 Å². The van der Waals surface area contributed by atoms with Gasteiger partial charge in [0.05, 0.1) is 0 Å². The maximum absolute atomic E-state index is 4.75. The molecule has 2 N–H and O–H groups in total. The first kappa shape index (κ1) is 52.1. The fraction of sp³-hybridized carbons (Fsp3) is 0.507. The van der Waals surface area contributed by atoms with Crippen molar-refractivity contribution in [1.82, 2.24) is 0 Å². The third-order valence-corrected chi connectivity index (χ3v) is 20.0. The van der Waals surface area contributed by atoms with Gasteiger partial charge in [0.15, 0.2) is 7.28 Å². The second-order valence-corrected chi connectivity index (χ2v) is 27.7. The Balaban J connectivity index is 1.20. The zero-order valence-corrected chi connectivity index (χ0v) is 48.1. The molecule has 0 radical (unpaired) electrons. The number of allylic oxidation sites excluding steroid dienone is 3. The highest BCUT2D eigenvalue weighted by Gasteiger charge is 2.43. The van der Waals surface area contributed by atoms with E-state index in [1.807, 2.05) is 0 Å². The lowest BCUT2D eigenvalue weighted by Crippen LogP contribution is -2.35. The molecule has 2 atom stereocenters. The van der Waals surface area contributed by atoms with Crippen LogP contribution in [0.5, 0.6) is 0 Å². The second-order valence-electron chi connectivity index (χ2n) is 27.7. The molecule has 5 aromatic rings. The number of rotatable bonds is 12. The van der Waals surface area contributed by atoms with Crippen molar-refractivity contribution >= 4 is 35.4 Å². The zero-order chi connectivity index (χ0) is 52.1. The molecule has 0 aromatic heterocycles. The summed E-state index contributed by atoms with van der Waals surface area (Å²) in [7, 11) is 2.99. The Hall–Kier alpha value is -4.76. The van der Waals surface area contributed by atoms with Crippen LogP contribution in [0.15, 0.2) is 97.0 Å². The van der Waals surface area contributed by atoms with Crippen LogP contribution in [-0.4, -0.2) is 14.3 Å². The van der Waals surface area contributed by atoms with Crippen LogP contribution in [0.25, 0.3) is 16.7 Å². The van der Waals surface area contributed by atoms with E-state index in [-0.39, 0.29) is 37.9 Å². The molecule has 0 aliphatic heterocycles. The molecule has 4 aliphatic rings. The Morgan fingerprint density at radius 1 is 0.597 bits per heavy atom. The molecule has 0 bridgehead atoms. The number of benzene rings is 5. The molecule has 3 heteroatoms. The lowest BCUT2D eigenvalue weighted by molar-refractivity contribution is 0.304. The average molecular weight is 959 g/mol. The van der Waals surface area contributed by atoms with Crippen molar-refractivity contribution in [2.45, 2.75) is 213 Å². The molecular weight excluding hydrogens is 868 g/mol. The summed E-state index contributed by atoms with van der Waals surface area (Å²) >= 11 is 0. The van der Waals surface area contributed by atoms with Crippen LogP contribution in [0.2, 0.25) is 0 Å². The van der Waals surface area contributed by atoms with Crippen LogP contribution < -0.4 is 16.1 Å². The van der Waals surface area contributed by atoms with Gasteiger partial charge in [-0.1, -0.05) is 164 Å². The van der Waals surface area contributed by atoms with Crippen LogP contribution >= 0.6 is 0 Å².